The van der Waals surface area contributed by atoms with E-state index in [4.69, 9.17) is 0 Å². The SMILES string of the molecule is CCC(O)(c1ccsc1C)C1CC1. The molecule has 1 fully saturated rings. The van der Waals surface area contributed by atoms with Crippen molar-refractivity contribution < 1.29 is 5.11 Å². The van der Waals surface area contributed by atoms with E-state index >= 15 is 0 Å². The summed E-state index contributed by atoms with van der Waals surface area (Å²) < 4.78 is 0. The van der Waals surface area contributed by atoms with Gasteiger partial charge in [0.05, 0.1) is 5.60 Å². The monoisotopic (exact) mass is 196 g/mol. The van der Waals surface area contributed by atoms with Crippen molar-refractivity contribution in [1.29, 1.82) is 0 Å². The maximum atomic E-state index is 10.5. The molecule has 1 aromatic rings. The Bertz CT molecular complexity index is 301. The zero-order chi connectivity index (χ0) is 9.47. The van der Waals surface area contributed by atoms with Gasteiger partial charge in [-0.3, -0.25) is 0 Å². The lowest BCUT2D eigenvalue weighted by Crippen LogP contribution is -2.27. The number of aryl methyl sites for hydroxylation is 1. The molecule has 0 spiro atoms. The van der Waals surface area contributed by atoms with Crippen LogP contribution in [0.15, 0.2) is 11.4 Å². The summed E-state index contributed by atoms with van der Waals surface area (Å²) >= 11 is 1.73. The Kier molecular flexibility index (Phi) is 2.20. The molecule has 1 heterocycles. The molecule has 1 nitrogen and oxygen atoms in total. The average molecular weight is 196 g/mol. The first kappa shape index (κ1) is 9.22. The molecular weight excluding hydrogens is 180 g/mol. The van der Waals surface area contributed by atoms with E-state index < -0.39 is 5.60 Å². The predicted octanol–water partition coefficient (Wildman–Crippen LogP) is 3.06. The lowest BCUT2D eigenvalue weighted by molar-refractivity contribution is 0.00879. The fourth-order valence-electron chi connectivity index (χ4n) is 2.09. The fourth-order valence-corrected chi connectivity index (χ4v) is 2.87. The molecule has 0 aliphatic heterocycles. The van der Waals surface area contributed by atoms with Gasteiger partial charge in [0.15, 0.2) is 0 Å². The normalized spacial score (nSPS) is 21.5. The second kappa shape index (κ2) is 3.10. The van der Waals surface area contributed by atoms with Crippen molar-refractivity contribution in [2.24, 2.45) is 5.92 Å². The molecule has 0 aromatic carbocycles. The van der Waals surface area contributed by atoms with Crippen molar-refractivity contribution in [3.63, 3.8) is 0 Å². The van der Waals surface area contributed by atoms with Crippen molar-refractivity contribution in [3.8, 4) is 0 Å². The first-order valence-corrected chi connectivity index (χ1v) is 5.83. The largest absolute Gasteiger partial charge is 0.385 e. The van der Waals surface area contributed by atoms with E-state index in [1.165, 1.54) is 23.3 Å². The van der Waals surface area contributed by atoms with Crippen molar-refractivity contribution in [1.82, 2.24) is 0 Å². The van der Waals surface area contributed by atoms with Crippen molar-refractivity contribution in [3.05, 3.63) is 21.9 Å². The summed E-state index contributed by atoms with van der Waals surface area (Å²) in [5.74, 6) is 0.519. The summed E-state index contributed by atoms with van der Waals surface area (Å²) in [5, 5.41) is 12.6. The predicted molar refractivity (Wildman–Crippen MR) is 56.0 cm³/mol. The third-order valence-corrected chi connectivity index (χ3v) is 3.96. The Morgan fingerprint density at radius 3 is 2.69 bits per heavy atom. The minimum absolute atomic E-state index is 0.519. The van der Waals surface area contributed by atoms with Crippen LogP contribution in [-0.2, 0) is 5.60 Å². The molecule has 13 heavy (non-hydrogen) atoms. The number of aliphatic hydroxyl groups is 1. The molecule has 2 rings (SSSR count). The molecule has 2 heteroatoms. The summed E-state index contributed by atoms with van der Waals surface area (Å²) in [6.45, 7) is 4.18. The Balaban J connectivity index is 2.35. The first-order chi connectivity index (χ1) is 6.18. The van der Waals surface area contributed by atoms with Gasteiger partial charge in [-0.15, -0.1) is 11.3 Å². The summed E-state index contributed by atoms with van der Waals surface area (Å²) in [6, 6.07) is 2.09. The maximum absolute atomic E-state index is 10.5. The number of thiophene rings is 1. The Hall–Kier alpha value is -0.340. The van der Waals surface area contributed by atoms with Crippen LogP contribution >= 0.6 is 11.3 Å². The minimum Gasteiger partial charge on any atom is -0.385 e. The lowest BCUT2D eigenvalue weighted by Gasteiger charge is -2.27. The molecular formula is C11H16OS. The third-order valence-electron chi connectivity index (χ3n) is 3.12. The van der Waals surface area contributed by atoms with Crippen LogP contribution in [0.5, 0.6) is 0 Å². The summed E-state index contributed by atoms with van der Waals surface area (Å²) in [4.78, 5) is 1.27. The molecule has 0 radical (unpaired) electrons. The highest BCUT2D eigenvalue weighted by Crippen LogP contribution is 2.49. The van der Waals surface area contributed by atoms with Crippen LogP contribution in [0.2, 0.25) is 0 Å². The van der Waals surface area contributed by atoms with Crippen LogP contribution in [0.4, 0.5) is 0 Å². The summed E-state index contributed by atoms with van der Waals surface area (Å²) in [6.07, 6.45) is 3.23. The zero-order valence-corrected chi connectivity index (χ0v) is 9.03. The molecule has 0 bridgehead atoms. The van der Waals surface area contributed by atoms with Gasteiger partial charge < -0.3 is 5.11 Å². The van der Waals surface area contributed by atoms with Gasteiger partial charge in [0, 0.05) is 4.88 Å². The summed E-state index contributed by atoms with van der Waals surface area (Å²) in [7, 11) is 0. The second-order valence-corrected chi connectivity index (χ2v) is 5.06. The maximum Gasteiger partial charge on any atom is 0.0932 e. The molecule has 0 saturated heterocycles. The molecule has 0 amide bonds. The molecule has 1 aliphatic rings. The average Bonchev–Trinajstić information content (AvgIpc) is 2.89. The van der Waals surface area contributed by atoms with Crippen molar-refractivity contribution >= 4 is 11.3 Å². The number of rotatable bonds is 3. The Morgan fingerprint density at radius 2 is 2.31 bits per heavy atom. The van der Waals surface area contributed by atoms with E-state index in [1.807, 2.05) is 0 Å². The van der Waals surface area contributed by atoms with Gasteiger partial charge in [-0.1, -0.05) is 6.92 Å². The van der Waals surface area contributed by atoms with E-state index in [0.717, 1.165) is 6.42 Å². The van der Waals surface area contributed by atoms with E-state index in [2.05, 4.69) is 25.3 Å². The molecule has 72 valence electrons. The molecule has 1 saturated carbocycles. The first-order valence-electron chi connectivity index (χ1n) is 4.95. The highest BCUT2D eigenvalue weighted by molar-refractivity contribution is 7.10. The lowest BCUT2D eigenvalue weighted by atomic mass is 9.87. The molecule has 1 unspecified atom stereocenters. The van der Waals surface area contributed by atoms with Gasteiger partial charge in [-0.2, -0.15) is 0 Å². The fraction of sp³-hybridized carbons (Fsp3) is 0.636. The van der Waals surface area contributed by atoms with E-state index in [-0.39, 0.29) is 0 Å². The van der Waals surface area contributed by atoms with Gasteiger partial charge in [-0.05, 0) is 49.1 Å². The van der Waals surface area contributed by atoms with Crippen molar-refractivity contribution in [2.45, 2.75) is 38.7 Å². The van der Waals surface area contributed by atoms with Crippen LogP contribution in [0.3, 0.4) is 0 Å². The van der Waals surface area contributed by atoms with Crippen molar-refractivity contribution in [2.75, 3.05) is 0 Å². The van der Waals surface area contributed by atoms with Gasteiger partial charge in [0.25, 0.3) is 0 Å². The second-order valence-electron chi connectivity index (χ2n) is 3.94. The molecule has 1 atom stereocenters. The van der Waals surface area contributed by atoms with Gasteiger partial charge >= 0.3 is 0 Å². The van der Waals surface area contributed by atoms with Crippen LogP contribution in [0, 0.1) is 12.8 Å². The molecule has 1 aliphatic carbocycles. The summed E-state index contributed by atoms with van der Waals surface area (Å²) in [5.41, 5.74) is 0.645. The van der Waals surface area contributed by atoms with Crippen LogP contribution < -0.4 is 0 Å². The molecule has 1 aromatic heterocycles. The van der Waals surface area contributed by atoms with Crippen LogP contribution in [0.25, 0.3) is 0 Å². The number of hydrogen-bond donors (Lipinski definition) is 1. The highest BCUT2D eigenvalue weighted by Gasteiger charge is 2.44. The smallest absolute Gasteiger partial charge is 0.0932 e. The Morgan fingerprint density at radius 1 is 1.62 bits per heavy atom. The van der Waals surface area contributed by atoms with Gasteiger partial charge in [0.1, 0.15) is 0 Å². The van der Waals surface area contributed by atoms with E-state index in [0.29, 0.717) is 5.92 Å². The third kappa shape index (κ3) is 1.42. The quantitative estimate of drug-likeness (QED) is 0.787. The molecule has 1 N–H and O–H groups in total. The minimum atomic E-state index is -0.524. The van der Waals surface area contributed by atoms with Crippen LogP contribution in [-0.4, -0.2) is 5.11 Å². The number of hydrogen-bond acceptors (Lipinski definition) is 2. The highest BCUT2D eigenvalue weighted by atomic mass is 32.1. The van der Waals surface area contributed by atoms with E-state index in [1.54, 1.807) is 11.3 Å². The van der Waals surface area contributed by atoms with Gasteiger partial charge in [0.2, 0.25) is 0 Å². The Labute approximate surface area is 83.4 Å². The van der Waals surface area contributed by atoms with Crippen LogP contribution in [0.1, 0.15) is 36.6 Å². The topological polar surface area (TPSA) is 20.2 Å². The van der Waals surface area contributed by atoms with Gasteiger partial charge in [-0.25, -0.2) is 0 Å². The van der Waals surface area contributed by atoms with E-state index in [9.17, 15) is 5.11 Å². The zero-order valence-electron chi connectivity index (χ0n) is 8.21. The standard InChI is InChI=1S/C11H16OS/c1-3-11(12,9-4-5-9)10-6-7-13-8(10)2/h6-7,9,12H,3-5H2,1-2H3.